The number of aliphatic carboxylic acids is 1. The number of amides is 3. The van der Waals surface area contributed by atoms with E-state index in [2.05, 4.69) is 20.8 Å². The van der Waals surface area contributed by atoms with Gasteiger partial charge in [0.15, 0.2) is 11.5 Å². The average Bonchev–Trinajstić information content (AvgIpc) is 3.40. The van der Waals surface area contributed by atoms with Gasteiger partial charge in [0.05, 0.1) is 11.8 Å². The standard InChI is InChI=1S/C27H28N6O9S/c1-14(29-23(34)16-8-6-15(7-9-16)22(28)32-39)26(36)33-12-10-17(11-13-33)42-25(27(37)38)31-24(35)20-21(43(40)41)18-4-2-3-5-19(18)30-20/h2-9,14,17,25,39H,10-13H2,1H3,(H2,28,32)(H,29,34)(H,31,35)(H,37,38)/t14?,25-/m0/s1. The zero-order valence-electron chi connectivity index (χ0n) is 22.8. The number of nitrogens with one attached hydrogen (secondary N) is 2. The molecule has 226 valence electrons. The molecule has 0 aliphatic carbocycles. The fraction of sp³-hybridized carbons (Fsp3) is 0.296. The van der Waals surface area contributed by atoms with E-state index in [0.717, 1.165) is 0 Å². The Kier molecular flexibility index (Phi) is 9.52. The second kappa shape index (κ2) is 13.3. The molecule has 0 bridgehead atoms. The molecule has 2 heterocycles. The quantitative estimate of drug-likeness (QED) is 0.0615. The molecule has 0 spiro atoms. The number of rotatable bonds is 9. The van der Waals surface area contributed by atoms with E-state index in [-0.39, 0.29) is 59.4 Å². The zero-order valence-corrected chi connectivity index (χ0v) is 23.6. The number of aliphatic imine (C=N–C) groups is 1. The van der Waals surface area contributed by atoms with Crippen molar-refractivity contribution in [3.8, 4) is 0 Å². The Labute approximate surface area is 246 Å². The number of piperidine rings is 1. The summed E-state index contributed by atoms with van der Waals surface area (Å²) >= 11 is 0. The number of benzene rings is 2. The fourth-order valence-electron chi connectivity index (χ4n) is 4.60. The molecule has 6 N–H and O–H groups in total. The molecule has 43 heavy (non-hydrogen) atoms. The van der Waals surface area contributed by atoms with Crippen molar-refractivity contribution in [2.24, 2.45) is 15.9 Å². The maximum absolute atomic E-state index is 12.9. The first-order chi connectivity index (χ1) is 20.5. The molecular formula is C27H28N6O9S. The Morgan fingerprint density at radius 1 is 1.02 bits per heavy atom. The molecule has 2 aliphatic rings. The van der Waals surface area contributed by atoms with E-state index in [9.17, 15) is 32.7 Å². The summed E-state index contributed by atoms with van der Waals surface area (Å²) in [6.45, 7) is 1.94. The van der Waals surface area contributed by atoms with Crippen LogP contribution >= 0.6 is 0 Å². The normalized spacial score (nSPS) is 16.5. The van der Waals surface area contributed by atoms with Crippen molar-refractivity contribution < 1.29 is 42.6 Å². The molecule has 2 aromatic carbocycles. The molecule has 0 aromatic heterocycles. The number of ether oxygens (including phenoxy) is 1. The fourth-order valence-corrected chi connectivity index (χ4v) is 5.24. The number of fused-ring (bicyclic) bond motifs is 1. The lowest BCUT2D eigenvalue weighted by Crippen LogP contribution is -2.52. The number of carbonyl (C=O) groups excluding carboxylic acids is 3. The SMILES string of the molecule is CC(NC(=O)c1ccc(/C(N)=N/O)cc1)C(=O)N1CCC(O[C@H](NC(=O)C2=Nc3ccccc3C2=S(=O)=O)C(=O)O)CC1. The Bertz CT molecular complexity index is 1640. The van der Waals surface area contributed by atoms with Gasteiger partial charge in [-0.25, -0.2) is 9.79 Å². The molecule has 2 aromatic rings. The summed E-state index contributed by atoms with van der Waals surface area (Å²) in [7, 11) is -2.81. The number of hydrogen-bond donors (Lipinski definition) is 5. The molecule has 4 rings (SSSR count). The number of para-hydroxylation sites is 1. The van der Waals surface area contributed by atoms with Crippen LogP contribution in [0.2, 0.25) is 0 Å². The number of carbonyl (C=O) groups is 4. The molecule has 2 atom stereocenters. The Morgan fingerprint density at radius 2 is 1.65 bits per heavy atom. The molecule has 3 amide bonds. The monoisotopic (exact) mass is 612 g/mol. The summed E-state index contributed by atoms with van der Waals surface area (Å²) in [6.07, 6.45) is -1.94. The lowest BCUT2D eigenvalue weighted by atomic mass is 10.1. The van der Waals surface area contributed by atoms with Crippen LogP contribution in [0.3, 0.4) is 0 Å². The molecule has 1 fully saturated rings. The minimum absolute atomic E-state index is 0.112. The van der Waals surface area contributed by atoms with Crippen molar-refractivity contribution in [2.75, 3.05) is 13.1 Å². The van der Waals surface area contributed by atoms with E-state index in [1.54, 1.807) is 12.1 Å². The van der Waals surface area contributed by atoms with Crippen LogP contribution < -0.4 is 16.4 Å². The van der Waals surface area contributed by atoms with Gasteiger partial charge in [0.2, 0.25) is 22.4 Å². The topological polar surface area (TPSA) is 230 Å². The van der Waals surface area contributed by atoms with Crippen molar-refractivity contribution in [3.05, 3.63) is 65.2 Å². The third kappa shape index (κ3) is 7.04. The van der Waals surface area contributed by atoms with Gasteiger partial charge in [-0.1, -0.05) is 35.5 Å². The zero-order chi connectivity index (χ0) is 31.3. The third-order valence-corrected chi connectivity index (χ3v) is 7.56. The first-order valence-electron chi connectivity index (χ1n) is 13.0. The summed E-state index contributed by atoms with van der Waals surface area (Å²) in [4.78, 5) is 55.5. The highest BCUT2D eigenvalue weighted by Gasteiger charge is 2.34. The molecule has 0 radical (unpaired) electrons. The van der Waals surface area contributed by atoms with Gasteiger partial charge in [0, 0.05) is 29.8 Å². The average molecular weight is 613 g/mol. The number of hydrogen-bond acceptors (Lipinski definition) is 10. The van der Waals surface area contributed by atoms with Gasteiger partial charge in [-0.05, 0) is 38.0 Å². The number of oxime groups is 1. The molecule has 2 aliphatic heterocycles. The van der Waals surface area contributed by atoms with Crippen molar-refractivity contribution in [1.82, 2.24) is 15.5 Å². The minimum atomic E-state index is -2.81. The van der Waals surface area contributed by atoms with Crippen LogP contribution in [-0.4, -0.2) is 95.2 Å². The van der Waals surface area contributed by atoms with Gasteiger partial charge in [0.25, 0.3) is 11.8 Å². The van der Waals surface area contributed by atoms with Crippen molar-refractivity contribution >= 4 is 56.1 Å². The summed E-state index contributed by atoms with van der Waals surface area (Å²) in [5.74, 6) is -3.49. The van der Waals surface area contributed by atoms with Crippen LogP contribution in [0, 0.1) is 0 Å². The summed E-state index contributed by atoms with van der Waals surface area (Å²) in [5, 5.41) is 26.1. The second-order valence-electron chi connectivity index (χ2n) is 9.65. The van der Waals surface area contributed by atoms with E-state index in [0.29, 0.717) is 5.56 Å². The lowest BCUT2D eigenvalue weighted by Gasteiger charge is -2.34. The maximum Gasteiger partial charge on any atom is 0.354 e. The van der Waals surface area contributed by atoms with E-state index in [1.807, 2.05) is 0 Å². The van der Waals surface area contributed by atoms with E-state index >= 15 is 0 Å². The second-order valence-corrected chi connectivity index (χ2v) is 10.5. The Morgan fingerprint density at radius 3 is 2.26 bits per heavy atom. The Hall–Kier alpha value is -5.09. The number of nitrogens with zero attached hydrogens (tertiary/aromatic N) is 3. The minimum Gasteiger partial charge on any atom is -0.478 e. The predicted molar refractivity (Wildman–Crippen MR) is 153 cm³/mol. The van der Waals surface area contributed by atoms with Gasteiger partial charge >= 0.3 is 5.97 Å². The molecule has 16 heteroatoms. The van der Waals surface area contributed by atoms with Crippen LogP contribution in [0.15, 0.2) is 58.7 Å². The van der Waals surface area contributed by atoms with Gasteiger partial charge in [-0.15, -0.1) is 0 Å². The highest BCUT2D eigenvalue weighted by atomic mass is 32.2. The molecular weight excluding hydrogens is 584 g/mol. The van der Waals surface area contributed by atoms with Gasteiger partial charge in [0.1, 0.15) is 10.9 Å². The van der Waals surface area contributed by atoms with Crippen molar-refractivity contribution in [1.29, 1.82) is 0 Å². The number of likely N-dealkylation sites (tertiary alicyclic amines) is 1. The molecule has 1 unspecified atom stereocenters. The first-order valence-corrected chi connectivity index (χ1v) is 14.1. The summed E-state index contributed by atoms with van der Waals surface area (Å²) < 4.78 is 29.2. The van der Waals surface area contributed by atoms with Crippen LogP contribution in [0.4, 0.5) is 5.69 Å². The smallest absolute Gasteiger partial charge is 0.354 e. The number of carboxylic acids is 1. The summed E-state index contributed by atoms with van der Waals surface area (Å²) in [5.41, 5.74) is 6.24. The Balaban J connectivity index is 1.30. The number of amidine groups is 1. The molecule has 1 saturated heterocycles. The largest absolute Gasteiger partial charge is 0.478 e. The van der Waals surface area contributed by atoms with Crippen LogP contribution in [-0.2, 0) is 29.4 Å². The molecule has 15 nitrogen and oxygen atoms in total. The van der Waals surface area contributed by atoms with Crippen LogP contribution in [0.5, 0.6) is 0 Å². The lowest BCUT2D eigenvalue weighted by molar-refractivity contribution is -0.162. The van der Waals surface area contributed by atoms with Gasteiger partial charge in [-0.3, -0.25) is 14.4 Å². The van der Waals surface area contributed by atoms with Crippen LogP contribution in [0.25, 0.3) is 0 Å². The summed E-state index contributed by atoms with van der Waals surface area (Å²) in [6, 6.07) is 11.3. The first kappa shape index (κ1) is 30.9. The molecule has 0 saturated carbocycles. The predicted octanol–water partition coefficient (Wildman–Crippen LogP) is -0.380. The number of carboxylic acid groups (broad SMARTS) is 1. The van der Waals surface area contributed by atoms with Crippen molar-refractivity contribution in [3.63, 3.8) is 0 Å². The van der Waals surface area contributed by atoms with Gasteiger partial charge < -0.3 is 36.3 Å². The van der Waals surface area contributed by atoms with Crippen molar-refractivity contribution in [2.45, 2.75) is 38.1 Å². The van der Waals surface area contributed by atoms with E-state index in [4.69, 9.17) is 15.7 Å². The number of nitrogens with two attached hydrogens (primary N) is 1. The van der Waals surface area contributed by atoms with E-state index in [1.165, 1.54) is 48.2 Å². The highest BCUT2D eigenvalue weighted by Crippen LogP contribution is 2.26. The maximum atomic E-state index is 12.9. The van der Waals surface area contributed by atoms with E-state index < -0.39 is 52.2 Å². The van der Waals surface area contributed by atoms with Gasteiger partial charge in [-0.2, -0.15) is 8.42 Å². The third-order valence-electron chi connectivity index (χ3n) is 6.82. The van der Waals surface area contributed by atoms with Crippen LogP contribution in [0.1, 0.15) is 41.3 Å². The highest BCUT2D eigenvalue weighted by molar-refractivity contribution is 7.76.